The second kappa shape index (κ2) is 8.50. The van der Waals surface area contributed by atoms with Crippen molar-refractivity contribution in [1.82, 2.24) is 15.5 Å². The molecule has 1 aliphatic carbocycles. The summed E-state index contributed by atoms with van der Waals surface area (Å²) in [7, 11) is 1.88. The second-order valence-corrected chi connectivity index (χ2v) is 6.24. The molecule has 2 aliphatic rings. The molecule has 116 valence electrons. The molecule has 1 unspecified atom stereocenters. The molecule has 1 saturated heterocycles. The van der Waals surface area contributed by atoms with E-state index >= 15 is 0 Å². The summed E-state index contributed by atoms with van der Waals surface area (Å²) in [4.78, 5) is 7.02. The molecule has 1 heterocycles. The fourth-order valence-electron chi connectivity index (χ4n) is 3.49. The van der Waals surface area contributed by atoms with Crippen molar-refractivity contribution >= 4 is 5.96 Å². The van der Waals surface area contributed by atoms with Crippen molar-refractivity contribution in [1.29, 1.82) is 0 Å². The van der Waals surface area contributed by atoms with Crippen molar-refractivity contribution in [2.45, 2.75) is 70.4 Å². The van der Waals surface area contributed by atoms with E-state index in [2.05, 4.69) is 27.4 Å². The van der Waals surface area contributed by atoms with Gasteiger partial charge in [0.25, 0.3) is 0 Å². The Morgan fingerprint density at radius 1 is 1.15 bits per heavy atom. The Morgan fingerprint density at radius 2 is 1.85 bits per heavy atom. The van der Waals surface area contributed by atoms with Gasteiger partial charge in [-0.3, -0.25) is 9.89 Å². The molecule has 0 bridgehead atoms. The first-order valence-corrected chi connectivity index (χ1v) is 8.54. The van der Waals surface area contributed by atoms with E-state index in [-0.39, 0.29) is 0 Å². The number of aliphatic imine (C=N–C) groups is 1. The van der Waals surface area contributed by atoms with Crippen LogP contribution < -0.4 is 10.6 Å². The van der Waals surface area contributed by atoms with Gasteiger partial charge in [0.15, 0.2) is 5.96 Å². The predicted octanol–water partition coefficient (Wildman–Crippen LogP) is 2.36. The van der Waals surface area contributed by atoms with E-state index in [4.69, 9.17) is 0 Å². The van der Waals surface area contributed by atoms with Crippen LogP contribution in [0, 0.1) is 0 Å². The quantitative estimate of drug-likeness (QED) is 0.600. The summed E-state index contributed by atoms with van der Waals surface area (Å²) in [5.41, 5.74) is 0. The molecule has 2 rings (SSSR count). The van der Waals surface area contributed by atoms with E-state index in [1.54, 1.807) is 0 Å². The van der Waals surface area contributed by atoms with Gasteiger partial charge in [-0.05, 0) is 45.2 Å². The lowest BCUT2D eigenvalue weighted by atomic mass is 9.96. The largest absolute Gasteiger partial charge is 0.355 e. The second-order valence-electron chi connectivity index (χ2n) is 6.24. The fourth-order valence-corrected chi connectivity index (χ4v) is 3.49. The molecule has 4 nitrogen and oxygen atoms in total. The molecule has 0 aromatic carbocycles. The monoisotopic (exact) mass is 280 g/mol. The average molecular weight is 280 g/mol. The zero-order valence-corrected chi connectivity index (χ0v) is 13.3. The van der Waals surface area contributed by atoms with Crippen LogP contribution in [0.25, 0.3) is 0 Å². The topological polar surface area (TPSA) is 39.7 Å². The van der Waals surface area contributed by atoms with Gasteiger partial charge in [-0.1, -0.05) is 26.2 Å². The van der Waals surface area contributed by atoms with Crippen molar-refractivity contribution < 1.29 is 0 Å². The maximum Gasteiger partial charge on any atom is 0.191 e. The molecule has 0 spiro atoms. The number of guanidine groups is 1. The van der Waals surface area contributed by atoms with Crippen LogP contribution in [-0.2, 0) is 0 Å². The summed E-state index contributed by atoms with van der Waals surface area (Å²) in [6, 6.07) is 1.28. The zero-order chi connectivity index (χ0) is 14.2. The third-order valence-electron chi connectivity index (χ3n) is 4.80. The van der Waals surface area contributed by atoms with E-state index in [1.165, 1.54) is 64.5 Å². The highest BCUT2D eigenvalue weighted by molar-refractivity contribution is 5.80. The van der Waals surface area contributed by atoms with Crippen LogP contribution in [0.4, 0.5) is 0 Å². The van der Waals surface area contributed by atoms with Crippen molar-refractivity contribution in [2.75, 3.05) is 26.7 Å². The van der Waals surface area contributed by atoms with Crippen molar-refractivity contribution in [3.05, 3.63) is 0 Å². The molecule has 1 aliphatic heterocycles. The third kappa shape index (κ3) is 4.65. The minimum Gasteiger partial charge on any atom is -0.355 e. The van der Waals surface area contributed by atoms with E-state index in [0.29, 0.717) is 12.1 Å². The van der Waals surface area contributed by atoms with Crippen LogP contribution in [0.3, 0.4) is 0 Å². The Morgan fingerprint density at radius 3 is 2.45 bits per heavy atom. The zero-order valence-electron chi connectivity index (χ0n) is 13.3. The summed E-state index contributed by atoms with van der Waals surface area (Å²) in [5.74, 6) is 0.995. The van der Waals surface area contributed by atoms with Gasteiger partial charge in [0.05, 0.1) is 0 Å². The highest BCUT2D eigenvalue weighted by atomic mass is 15.2. The first-order valence-electron chi connectivity index (χ1n) is 8.54. The Labute approximate surface area is 124 Å². The number of hydrogen-bond acceptors (Lipinski definition) is 2. The first kappa shape index (κ1) is 15.6. The number of likely N-dealkylation sites (tertiary alicyclic amines) is 1. The lowest BCUT2D eigenvalue weighted by Gasteiger charge is -2.29. The van der Waals surface area contributed by atoms with Crippen molar-refractivity contribution in [3.63, 3.8) is 0 Å². The molecule has 4 heteroatoms. The molecule has 1 atom stereocenters. The normalized spacial score (nSPS) is 23.8. The summed E-state index contributed by atoms with van der Waals surface area (Å²) < 4.78 is 0. The fraction of sp³-hybridized carbons (Fsp3) is 0.938. The third-order valence-corrected chi connectivity index (χ3v) is 4.80. The molecular weight excluding hydrogens is 248 g/mol. The molecular formula is C16H32N4. The van der Waals surface area contributed by atoms with Crippen molar-refractivity contribution in [2.24, 2.45) is 4.99 Å². The van der Waals surface area contributed by atoms with Gasteiger partial charge in [-0.2, -0.15) is 0 Å². The Kier molecular flexibility index (Phi) is 6.64. The smallest absolute Gasteiger partial charge is 0.191 e. The van der Waals surface area contributed by atoms with Crippen LogP contribution in [0.2, 0.25) is 0 Å². The number of nitrogens with one attached hydrogen (secondary N) is 2. The van der Waals surface area contributed by atoms with Gasteiger partial charge in [0.2, 0.25) is 0 Å². The molecule has 0 aromatic rings. The highest BCUT2D eigenvalue weighted by Crippen LogP contribution is 2.17. The van der Waals surface area contributed by atoms with Gasteiger partial charge in [-0.25, -0.2) is 0 Å². The van der Waals surface area contributed by atoms with Gasteiger partial charge in [0.1, 0.15) is 0 Å². The summed E-state index contributed by atoms with van der Waals surface area (Å²) >= 11 is 0. The minimum absolute atomic E-state index is 0.627. The Bertz CT molecular complexity index is 291. The average Bonchev–Trinajstić information content (AvgIpc) is 3.02. The highest BCUT2D eigenvalue weighted by Gasteiger charge is 2.21. The number of hydrogen-bond donors (Lipinski definition) is 2. The van der Waals surface area contributed by atoms with E-state index in [1.807, 2.05) is 7.05 Å². The Hall–Kier alpha value is -0.770. The van der Waals surface area contributed by atoms with Gasteiger partial charge in [0, 0.05) is 25.7 Å². The lowest BCUT2D eigenvalue weighted by molar-refractivity contribution is 0.236. The summed E-state index contributed by atoms with van der Waals surface area (Å²) in [5, 5.41) is 7.14. The van der Waals surface area contributed by atoms with Crippen LogP contribution in [-0.4, -0.2) is 49.6 Å². The molecule has 2 fully saturated rings. The number of nitrogens with zero attached hydrogens (tertiary/aromatic N) is 2. The standard InChI is InChI=1S/C16H32N4/c1-3-15(20-11-7-8-12-20)13-18-16(17-2)19-14-9-5-4-6-10-14/h14-15H,3-13H2,1-2H3,(H2,17,18,19). The van der Waals surface area contributed by atoms with Crippen LogP contribution in [0.15, 0.2) is 4.99 Å². The molecule has 0 radical (unpaired) electrons. The molecule has 0 amide bonds. The maximum absolute atomic E-state index is 4.39. The Balaban J connectivity index is 1.74. The van der Waals surface area contributed by atoms with E-state index < -0.39 is 0 Å². The maximum atomic E-state index is 4.39. The SMILES string of the molecule is CCC(CNC(=NC)NC1CCCCC1)N1CCCC1. The van der Waals surface area contributed by atoms with Gasteiger partial charge < -0.3 is 10.6 Å². The van der Waals surface area contributed by atoms with Crippen LogP contribution in [0.5, 0.6) is 0 Å². The van der Waals surface area contributed by atoms with Gasteiger partial charge >= 0.3 is 0 Å². The minimum atomic E-state index is 0.627. The van der Waals surface area contributed by atoms with Crippen LogP contribution >= 0.6 is 0 Å². The predicted molar refractivity (Wildman–Crippen MR) is 86.3 cm³/mol. The van der Waals surface area contributed by atoms with E-state index in [0.717, 1.165) is 12.5 Å². The molecule has 20 heavy (non-hydrogen) atoms. The molecule has 0 aromatic heterocycles. The van der Waals surface area contributed by atoms with Gasteiger partial charge in [-0.15, -0.1) is 0 Å². The lowest BCUT2D eigenvalue weighted by Crippen LogP contribution is -2.49. The van der Waals surface area contributed by atoms with E-state index in [9.17, 15) is 0 Å². The summed E-state index contributed by atoms with van der Waals surface area (Å²) in [6.45, 7) is 5.86. The molecule has 1 saturated carbocycles. The van der Waals surface area contributed by atoms with Crippen LogP contribution in [0.1, 0.15) is 58.3 Å². The molecule has 2 N–H and O–H groups in total. The number of rotatable bonds is 5. The van der Waals surface area contributed by atoms with Crippen molar-refractivity contribution in [3.8, 4) is 0 Å². The first-order chi connectivity index (χ1) is 9.83. The summed E-state index contributed by atoms with van der Waals surface area (Å²) in [6.07, 6.45) is 10.7.